The number of esters is 4. The monoisotopic (exact) mass is 486 g/mol. The summed E-state index contributed by atoms with van der Waals surface area (Å²) in [6.07, 6.45) is 0. The quantitative estimate of drug-likeness (QED) is 0.274. The second kappa shape index (κ2) is 7.32. The Labute approximate surface area is 202 Å². The number of carbonyl (C=O) groups excluding carboxylic acids is 4. The summed E-state index contributed by atoms with van der Waals surface area (Å²) in [5.74, 6) is -2.91. The van der Waals surface area contributed by atoms with Crippen LogP contribution in [-0.4, -0.2) is 61.1 Å². The Balaban J connectivity index is 2.00. The van der Waals surface area contributed by atoms with Crippen LogP contribution in [0.1, 0.15) is 41.4 Å². The first-order chi connectivity index (χ1) is 17.4. The predicted molar refractivity (Wildman–Crippen MR) is 129 cm³/mol. The minimum atomic E-state index is -0.745. The van der Waals surface area contributed by atoms with Gasteiger partial charge in [-0.25, -0.2) is 19.2 Å². The molecule has 0 radical (unpaired) electrons. The maximum atomic E-state index is 13.1. The molecule has 0 amide bonds. The fourth-order valence-corrected chi connectivity index (χ4v) is 5.43. The highest BCUT2D eigenvalue weighted by atomic mass is 16.5. The summed E-state index contributed by atoms with van der Waals surface area (Å²) in [4.78, 5) is 52.0. The molecule has 6 heterocycles. The second-order valence-corrected chi connectivity index (χ2v) is 8.18. The third-order valence-corrected chi connectivity index (χ3v) is 6.71. The molecule has 0 unspecified atom stereocenters. The average molecular weight is 486 g/mol. The lowest BCUT2D eigenvalue weighted by molar-refractivity contribution is 0.0559. The standard InChI is InChI=1S/C26H18N2O8/c1-33-23(29)16-13-9-5-7-11-15-12-8-6-10-14-17(24(30)34-2)20(26(32)36-4)22(28(12)14)18(15)21(27(11)13)19(16)25(31)35-3/h5-10H,1-4H3. The van der Waals surface area contributed by atoms with Crippen LogP contribution in [0.4, 0.5) is 0 Å². The molecule has 0 aliphatic heterocycles. The van der Waals surface area contributed by atoms with Gasteiger partial charge in [-0.05, 0) is 24.3 Å². The van der Waals surface area contributed by atoms with E-state index >= 15 is 0 Å². The molecule has 0 atom stereocenters. The molecule has 36 heavy (non-hydrogen) atoms. The molecule has 0 saturated heterocycles. The largest absolute Gasteiger partial charge is 0.465 e. The molecule has 0 saturated carbocycles. The molecule has 6 aromatic rings. The second-order valence-electron chi connectivity index (χ2n) is 8.18. The summed E-state index contributed by atoms with van der Waals surface area (Å²) in [6, 6.07) is 10.7. The maximum absolute atomic E-state index is 13.1. The van der Waals surface area contributed by atoms with Gasteiger partial charge in [-0.3, -0.25) is 0 Å². The summed E-state index contributed by atoms with van der Waals surface area (Å²) < 4.78 is 23.7. The lowest BCUT2D eigenvalue weighted by Gasteiger charge is -2.04. The van der Waals surface area contributed by atoms with Crippen molar-refractivity contribution in [2.24, 2.45) is 0 Å². The average Bonchev–Trinajstić information content (AvgIpc) is 3.62. The number of fused-ring (bicyclic) bond motifs is 5. The van der Waals surface area contributed by atoms with Gasteiger partial charge in [-0.15, -0.1) is 0 Å². The van der Waals surface area contributed by atoms with Crippen LogP contribution < -0.4 is 0 Å². The molecule has 6 aromatic heterocycles. The molecule has 0 aromatic carbocycles. The van der Waals surface area contributed by atoms with E-state index in [1.54, 1.807) is 33.1 Å². The fourth-order valence-electron chi connectivity index (χ4n) is 5.43. The molecular formula is C26H18N2O8. The van der Waals surface area contributed by atoms with Crippen LogP contribution in [0.15, 0.2) is 36.4 Å². The number of aromatic nitrogens is 2. The maximum Gasteiger partial charge on any atom is 0.340 e. The van der Waals surface area contributed by atoms with Crippen LogP contribution in [0, 0.1) is 0 Å². The van der Waals surface area contributed by atoms with E-state index in [9.17, 15) is 19.2 Å². The molecular weight excluding hydrogens is 468 g/mol. The normalized spacial score (nSPS) is 11.8. The Hall–Kier alpha value is -4.86. The molecule has 10 nitrogen and oxygen atoms in total. The van der Waals surface area contributed by atoms with Gasteiger partial charge in [0.25, 0.3) is 0 Å². The third kappa shape index (κ3) is 2.35. The topological polar surface area (TPSA) is 114 Å². The first-order valence-electron chi connectivity index (χ1n) is 10.8. The summed E-state index contributed by atoms with van der Waals surface area (Å²) in [5.41, 5.74) is 3.10. The minimum absolute atomic E-state index is 0.00000926. The van der Waals surface area contributed by atoms with Gasteiger partial charge < -0.3 is 27.7 Å². The van der Waals surface area contributed by atoms with Crippen molar-refractivity contribution in [1.82, 2.24) is 8.80 Å². The number of pyridine rings is 2. The van der Waals surface area contributed by atoms with Crippen LogP contribution in [0.2, 0.25) is 0 Å². The number of ether oxygens (including phenoxy) is 4. The minimum Gasteiger partial charge on any atom is -0.465 e. The van der Waals surface area contributed by atoms with Crippen LogP contribution in [-0.2, 0) is 18.9 Å². The Morgan fingerprint density at radius 3 is 1.19 bits per heavy atom. The van der Waals surface area contributed by atoms with Crippen molar-refractivity contribution in [2.75, 3.05) is 28.4 Å². The summed E-state index contributed by atoms with van der Waals surface area (Å²) in [7, 11) is 4.90. The molecule has 6 rings (SSSR count). The highest BCUT2D eigenvalue weighted by molar-refractivity contribution is 6.34. The zero-order valence-corrected chi connectivity index (χ0v) is 19.6. The summed E-state index contributed by atoms with van der Waals surface area (Å²) >= 11 is 0. The van der Waals surface area contributed by atoms with Crippen molar-refractivity contribution in [3.8, 4) is 0 Å². The number of methoxy groups -OCH3 is 4. The van der Waals surface area contributed by atoms with Crippen LogP contribution in [0.5, 0.6) is 0 Å². The lowest BCUT2D eigenvalue weighted by atomic mass is 10.0. The van der Waals surface area contributed by atoms with Crippen LogP contribution in [0.3, 0.4) is 0 Å². The Morgan fingerprint density at radius 1 is 0.500 bits per heavy atom. The number of nitrogens with zero attached hydrogens (tertiary/aromatic N) is 2. The van der Waals surface area contributed by atoms with Crippen LogP contribution in [0.25, 0.3) is 43.9 Å². The lowest BCUT2D eigenvalue weighted by Crippen LogP contribution is -2.10. The SMILES string of the molecule is COC(=O)c1c(C(=O)OC)c2c3c(c4cccc1n42)c1cccc2c(C(=O)OC)c(C(=O)OC)c3n21. The van der Waals surface area contributed by atoms with Crippen molar-refractivity contribution in [3.05, 3.63) is 58.7 Å². The smallest absolute Gasteiger partial charge is 0.340 e. The molecule has 0 bridgehead atoms. The van der Waals surface area contributed by atoms with E-state index in [0.717, 1.165) is 5.39 Å². The number of carbonyl (C=O) groups is 4. The zero-order chi connectivity index (χ0) is 25.5. The Bertz CT molecular complexity index is 1770. The van der Waals surface area contributed by atoms with Crippen molar-refractivity contribution in [1.29, 1.82) is 0 Å². The van der Waals surface area contributed by atoms with Crippen molar-refractivity contribution >= 4 is 67.7 Å². The van der Waals surface area contributed by atoms with E-state index < -0.39 is 23.9 Å². The Kier molecular flexibility index (Phi) is 4.40. The van der Waals surface area contributed by atoms with Gasteiger partial charge in [0.05, 0.1) is 61.5 Å². The van der Waals surface area contributed by atoms with Gasteiger partial charge in [0.1, 0.15) is 22.3 Å². The number of rotatable bonds is 4. The molecule has 180 valence electrons. The molecule has 0 fully saturated rings. The van der Waals surface area contributed by atoms with E-state index in [1.807, 2.05) is 12.1 Å². The van der Waals surface area contributed by atoms with Gasteiger partial charge in [0, 0.05) is 10.8 Å². The van der Waals surface area contributed by atoms with E-state index in [-0.39, 0.29) is 22.3 Å². The highest BCUT2D eigenvalue weighted by Gasteiger charge is 2.36. The van der Waals surface area contributed by atoms with Crippen molar-refractivity contribution in [3.63, 3.8) is 0 Å². The summed E-state index contributed by atoms with van der Waals surface area (Å²) in [5, 5.41) is 1.23. The molecule has 0 aliphatic rings. The summed E-state index contributed by atoms with van der Waals surface area (Å²) in [6.45, 7) is 0. The first-order valence-corrected chi connectivity index (χ1v) is 10.8. The predicted octanol–water partition coefficient (Wildman–Crippen LogP) is 3.67. The Morgan fingerprint density at radius 2 is 0.833 bits per heavy atom. The fraction of sp³-hybridized carbons (Fsp3) is 0.154. The van der Waals surface area contributed by atoms with E-state index in [1.165, 1.54) is 28.4 Å². The molecule has 10 heteroatoms. The van der Waals surface area contributed by atoms with Gasteiger partial charge in [0.15, 0.2) is 0 Å². The van der Waals surface area contributed by atoms with Crippen LogP contribution >= 0.6 is 0 Å². The molecule has 0 spiro atoms. The number of hydrogen-bond donors (Lipinski definition) is 0. The molecule has 0 N–H and O–H groups in total. The number of hydrogen-bond acceptors (Lipinski definition) is 8. The van der Waals surface area contributed by atoms with E-state index in [4.69, 9.17) is 18.9 Å². The van der Waals surface area contributed by atoms with Crippen molar-refractivity contribution < 1.29 is 38.1 Å². The van der Waals surface area contributed by atoms with Crippen molar-refractivity contribution in [2.45, 2.75) is 0 Å². The van der Waals surface area contributed by atoms with Gasteiger partial charge in [-0.1, -0.05) is 12.1 Å². The van der Waals surface area contributed by atoms with Gasteiger partial charge in [-0.2, -0.15) is 0 Å². The van der Waals surface area contributed by atoms with E-state index in [2.05, 4.69) is 0 Å². The first kappa shape index (κ1) is 21.7. The van der Waals surface area contributed by atoms with Gasteiger partial charge in [0.2, 0.25) is 0 Å². The highest BCUT2D eigenvalue weighted by Crippen LogP contribution is 2.46. The third-order valence-electron chi connectivity index (χ3n) is 6.71. The van der Waals surface area contributed by atoms with E-state index in [0.29, 0.717) is 38.5 Å². The van der Waals surface area contributed by atoms with Gasteiger partial charge >= 0.3 is 23.9 Å². The molecule has 0 aliphatic carbocycles. The zero-order valence-electron chi connectivity index (χ0n) is 19.6.